The van der Waals surface area contributed by atoms with E-state index in [2.05, 4.69) is 65.1 Å². The third kappa shape index (κ3) is 8.68. The Morgan fingerprint density at radius 2 is 1.45 bits per heavy atom. The van der Waals surface area contributed by atoms with Gasteiger partial charge in [0.2, 0.25) is 0 Å². The number of carbonyl (C=O) groups is 3. The van der Waals surface area contributed by atoms with Crippen molar-refractivity contribution in [3.05, 3.63) is 154 Å². The van der Waals surface area contributed by atoms with Gasteiger partial charge in [0.15, 0.2) is 0 Å². The van der Waals surface area contributed by atoms with Crippen molar-refractivity contribution < 1.29 is 28.6 Å². The van der Waals surface area contributed by atoms with Crippen molar-refractivity contribution >= 4 is 29.2 Å². The third-order valence-corrected chi connectivity index (χ3v) is 14.5. The molecule has 60 heavy (non-hydrogen) atoms. The summed E-state index contributed by atoms with van der Waals surface area (Å²) in [5.41, 5.74) is 5.12. The molecule has 0 saturated heterocycles. The molecule has 4 aliphatic rings. The lowest BCUT2D eigenvalue weighted by molar-refractivity contribution is 0.00211. The number of thiazole rings is 1. The molecule has 0 bridgehead atoms. The molecule has 0 aliphatic heterocycles. The van der Waals surface area contributed by atoms with Crippen molar-refractivity contribution in [1.29, 1.82) is 0 Å². The Morgan fingerprint density at radius 3 is 2.05 bits per heavy atom. The molecule has 4 aromatic rings. The van der Waals surface area contributed by atoms with Crippen LogP contribution in [0.4, 0.5) is 0 Å². The molecule has 10 nitrogen and oxygen atoms in total. The Morgan fingerprint density at radius 1 is 0.833 bits per heavy atom. The maximum absolute atomic E-state index is 13.4. The molecule has 4 fully saturated rings. The predicted molar refractivity (Wildman–Crippen MR) is 229 cm³/mol. The second kappa shape index (κ2) is 17.6. The summed E-state index contributed by atoms with van der Waals surface area (Å²) in [5.74, 6) is -0.149. The summed E-state index contributed by atoms with van der Waals surface area (Å²) in [6.07, 6.45) is 24.8. The van der Waals surface area contributed by atoms with Crippen molar-refractivity contribution in [3.63, 3.8) is 0 Å². The SMILES string of the molecule is C=C1C(=CC=C2CCC[C@]3(C)[C@@H]([C@H](C)C=C[C@H](OC(=O)c4ccncc4)C4(c5nc(C)cs5)CC4)CC[C@@H]23)C[C@@H](OC(=O)c2ccncc2)C[C@@H]1OC(=O)c1ccncc1. The average Bonchev–Trinajstić information content (AvgIpc) is 3.82. The predicted octanol–water partition coefficient (Wildman–Crippen LogP) is 9.96. The highest BCUT2D eigenvalue weighted by Crippen LogP contribution is 2.60. The Labute approximate surface area is 355 Å². The molecule has 4 aliphatic carbocycles. The summed E-state index contributed by atoms with van der Waals surface area (Å²) in [7, 11) is 0. The Hall–Kier alpha value is -5.55. The van der Waals surface area contributed by atoms with Crippen LogP contribution in [0.3, 0.4) is 0 Å². The lowest BCUT2D eigenvalue weighted by Crippen LogP contribution is -2.36. The van der Waals surface area contributed by atoms with Gasteiger partial charge in [-0.3, -0.25) is 15.0 Å². The number of ether oxygens (including phenoxy) is 3. The van der Waals surface area contributed by atoms with Crippen molar-refractivity contribution in [2.24, 2.45) is 23.2 Å². The second-order valence-corrected chi connectivity index (χ2v) is 18.0. The van der Waals surface area contributed by atoms with E-state index in [-0.39, 0.29) is 22.7 Å². The number of aryl methyl sites for hydroxylation is 1. The molecule has 0 spiro atoms. The van der Waals surface area contributed by atoms with Crippen LogP contribution < -0.4 is 0 Å². The lowest BCUT2D eigenvalue weighted by atomic mass is 9.61. The summed E-state index contributed by atoms with van der Waals surface area (Å²) in [6, 6.07) is 9.88. The van der Waals surface area contributed by atoms with Gasteiger partial charge in [0.1, 0.15) is 23.3 Å². The van der Waals surface area contributed by atoms with E-state index in [0.29, 0.717) is 46.9 Å². The summed E-state index contributed by atoms with van der Waals surface area (Å²) in [4.78, 5) is 56.8. The lowest BCUT2D eigenvalue weighted by Gasteiger charge is -2.44. The van der Waals surface area contributed by atoms with E-state index in [1.54, 1.807) is 84.9 Å². The van der Waals surface area contributed by atoms with Gasteiger partial charge < -0.3 is 14.2 Å². The van der Waals surface area contributed by atoms with Crippen LogP contribution in [-0.2, 0) is 19.6 Å². The van der Waals surface area contributed by atoms with Gasteiger partial charge in [0.25, 0.3) is 0 Å². The molecule has 7 atom stereocenters. The Bertz CT molecular complexity index is 2300. The maximum Gasteiger partial charge on any atom is 0.338 e. The first kappa shape index (κ1) is 41.2. The molecule has 8 rings (SSSR count). The van der Waals surface area contributed by atoms with Crippen LogP contribution in [0.5, 0.6) is 0 Å². The number of nitrogens with zero attached hydrogens (tertiary/aromatic N) is 4. The molecule has 0 unspecified atom stereocenters. The third-order valence-electron chi connectivity index (χ3n) is 13.4. The first-order valence-electron chi connectivity index (χ1n) is 21.1. The van der Waals surface area contributed by atoms with E-state index in [4.69, 9.17) is 19.2 Å². The summed E-state index contributed by atoms with van der Waals surface area (Å²) in [5, 5.41) is 3.11. The Balaban J connectivity index is 1.01. The number of esters is 3. The highest BCUT2D eigenvalue weighted by atomic mass is 32.1. The molecule has 0 N–H and O–H groups in total. The second-order valence-electron chi connectivity index (χ2n) is 17.1. The fourth-order valence-corrected chi connectivity index (χ4v) is 11.0. The molecule has 4 saturated carbocycles. The number of hydrogen-bond donors (Lipinski definition) is 0. The Kier molecular flexibility index (Phi) is 12.1. The van der Waals surface area contributed by atoms with Gasteiger partial charge in [-0.2, -0.15) is 0 Å². The van der Waals surface area contributed by atoms with E-state index in [1.165, 1.54) is 5.57 Å². The van der Waals surface area contributed by atoms with Crippen LogP contribution in [-0.4, -0.2) is 56.2 Å². The zero-order chi connectivity index (χ0) is 41.9. The van der Waals surface area contributed by atoms with Crippen LogP contribution in [0, 0.1) is 30.1 Å². The van der Waals surface area contributed by atoms with Crippen LogP contribution in [0.1, 0.15) is 113 Å². The smallest absolute Gasteiger partial charge is 0.338 e. The van der Waals surface area contributed by atoms with E-state index in [1.807, 2.05) is 6.92 Å². The van der Waals surface area contributed by atoms with Gasteiger partial charge in [0, 0.05) is 61.1 Å². The zero-order valence-electron chi connectivity index (χ0n) is 34.5. The molecule has 0 aromatic carbocycles. The van der Waals surface area contributed by atoms with Gasteiger partial charge in [-0.25, -0.2) is 19.4 Å². The zero-order valence-corrected chi connectivity index (χ0v) is 35.3. The molecule has 4 aromatic heterocycles. The highest BCUT2D eigenvalue weighted by molar-refractivity contribution is 7.09. The number of hydrogen-bond acceptors (Lipinski definition) is 11. The average molecular weight is 825 g/mol. The molecule has 11 heteroatoms. The van der Waals surface area contributed by atoms with Crippen molar-refractivity contribution in [2.45, 2.75) is 102 Å². The van der Waals surface area contributed by atoms with E-state index < -0.39 is 30.3 Å². The molecule has 0 amide bonds. The van der Waals surface area contributed by atoms with E-state index >= 15 is 0 Å². The van der Waals surface area contributed by atoms with Gasteiger partial charge >= 0.3 is 17.9 Å². The van der Waals surface area contributed by atoms with E-state index in [0.717, 1.165) is 61.2 Å². The number of allylic oxidation sites excluding steroid dienone is 4. The quantitative estimate of drug-likeness (QED) is 0.0773. The first-order chi connectivity index (χ1) is 29.0. The standard InChI is InChI=1S/C49H52N4O6S/c1-31(7-12-43(59-46(56)37-17-26-52-27-18-37)49(20-21-49)47-53-32(2)30-60-47)40-10-11-41-34(6-5-19-48(40,41)4)8-9-38-28-39(57-44(54)35-13-22-50-23-14-35)29-42(33(38)3)58-45(55)36-15-24-51-25-16-36/h7-9,12-18,22-27,30-31,39-43H,3,5-6,10-11,19-21,28-29H2,1-2,4H3/t31-,39-,40-,41+,42+,43+,48-/m1/s1. The number of carbonyl (C=O) groups excluding carboxylic acids is 3. The highest BCUT2D eigenvalue weighted by Gasteiger charge is 2.55. The fraction of sp³-hybridized carbons (Fsp3) is 0.408. The number of aromatic nitrogens is 4. The summed E-state index contributed by atoms with van der Waals surface area (Å²) >= 11 is 1.65. The van der Waals surface area contributed by atoms with Gasteiger partial charge in [-0.05, 0) is 129 Å². The van der Waals surface area contributed by atoms with Crippen LogP contribution in [0.25, 0.3) is 0 Å². The summed E-state index contributed by atoms with van der Waals surface area (Å²) < 4.78 is 18.4. The number of rotatable bonds is 12. The normalized spacial score (nSPS) is 26.9. The minimum atomic E-state index is -0.665. The van der Waals surface area contributed by atoms with Gasteiger partial charge in [-0.15, -0.1) is 11.3 Å². The van der Waals surface area contributed by atoms with Crippen LogP contribution in [0.15, 0.2) is 127 Å². The molecule has 0 radical (unpaired) electrons. The summed E-state index contributed by atoms with van der Waals surface area (Å²) in [6.45, 7) is 11.2. The van der Waals surface area contributed by atoms with Gasteiger partial charge in [-0.1, -0.05) is 44.2 Å². The van der Waals surface area contributed by atoms with Crippen LogP contribution in [0.2, 0.25) is 0 Å². The van der Waals surface area contributed by atoms with Crippen molar-refractivity contribution in [2.75, 3.05) is 0 Å². The fourth-order valence-electron chi connectivity index (χ4n) is 9.93. The van der Waals surface area contributed by atoms with Crippen molar-refractivity contribution in [3.8, 4) is 0 Å². The van der Waals surface area contributed by atoms with Gasteiger partial charge in [0.05, 0.1) is 22.1 Å². The largest absolute Gasteiger partial charge is 0.458 e. The minimum Gasteiger partial charge on any atom is -0.458 e. The minimum absolute atomic E-state index is 0.0913. The first-order valence-corrected chi connectivity index (χ1v) is 21.9. The van der Waals surface area contributed by atoms with Crippen LogP contribution >= 0.6 is 11.3 Å². The molecular formula is C49H52N4O6S. The maximum atomic E-state index is 13.4. The van der Waals surface area contributed by atoms with E-state index in [9.17, 15) is 14.4 Å². The topological polar surface area (TPSA) is 130 Å². The molecule has 310 valence electrons. The molecular weight excluding hydrogens is 773 g/mol. The molecule has 4 heterocycles. The monoisotopic (exact) mass is 824 g/mol. The number of fused-ring (bicyclic) bond motifs is 1. The number of pyridine rings is 3. The van der Waals surface area contributed by atoms with Crippen molar-refractivity contribution in [1.82, 2.24) is 19.9 Å².